The van der Waals surface area contributed by atoms with Crippen molar-refractivity contribution >= 4 is 11.5 Å². The van der Waals surface area contributed by atoms with Gasteiger partial charge in [0, 0.05) is 5.41 Å². The molecule has 0 saturated heterocycles. The molecule has 1 atom stereocenters. The molecule has 1 unspecified atom stereocenters. The number of nitrogens with one attached hydrogen (secondary N) is 1. The molecule has 3 nitrogen and oxygen atoms in total. The SMILES string of the molecule is CCNC(c1ccc(F)c(C)c1)c1snnc1C(C)(C)C. The van der Waals surface area contributed by atoms with Gasteiger partial charge in [-0.2, -0.15) is 0 Å². The number of hydrogen-bond acceptors (Lipinski definition) is 4. The van der Waals surface area contributed by atoms with Crippen LogP contribution in [0.15, 0.2) is 18.2 Å². The Morgan fingerprint density at radius 1 is 1.33 bits per heavy atom. The molecule has 0 aliphatic heterocycles. The Morgan fingerprint density at radius 3 is 2.62 bits per heavy atom. The lowest BCUT2D eigenvalue weighted by atomic mass is 9.88. The first-order valence-corrected chi connectivity index (χ1v) is 7.94. The third-order valence-corrected chi connectivity index (χ3v) is 4.20. The molecule has 0 radical (unpaired) electrons. The van der Waals surface area contributed by atoms with E-state index in [0.717, 1.165) is 22.7 Å². The van der Waals surface area contributed by atoms with Crippen LogP contribution < -0.4 is 5.32 Å². The molecule has 0 bridgehead atoms. The van der Waals surface area contributed by atoms with E-state index in [1.807, 2.05) is 12.1 Å². The molecule has 2 rings (SSSR count). The van der Waals surface area contributed by atoms with Gasteiger partial charge >= 0.3 is 0 Å². The first-order chi connectivity index (χ1) is 9.84. The molecule has 0 aliphatic carbocycles. The van der Waals surface area contributed by atoms with Crippen molar-refractivity contribution < 1.29 is 4.39 Å². The Morgan fingerprint density at radius 2 is 2.05 bits per heavy atom. The third-order valence-electron chi connectivity index (χ3n) is 3.41. The minimum Gasteiger partial charge on any atom is -0.306 e. The first-order valence-electron chi connectivity index (χ1n) is 7.16. The summed E-state index contributed by atoms with van der Waals surface area (Å²) < 4.78 is 17.7. The van der Waals surface area contributed by atoms with Crippen LogP contribution in [-0.4, -0.2) is 16.1 Å². The second-order valence-corrected chi connectivity index (χ2v) is 7.02. The smallest absolute Gasteiger partial charge is 0.126 e. The summed E-state index contributed by atoms with van der Waals surface area (Å²) in [5.41, 5.74) is 2.64. The normalized spacial score (nSPS) is 13.4. The van der Waals surface area contributed by atoms with Crippen LogP contribution in [0.4, 0.5) is 4.39 Å². The largest absolute Gasteiger partial charge is 0.306 e. The van der Waals surface area contributed by atoms with Gasteiger partial charge in [0.05, 0.1) is 16.6 Å². The van der Waals surface area contributed by atoms with Gasteiger partial charge in [0.1, 0.15) is 5.82 Å². The summed E-state index contributed by atoms with van der Waals surface area (Å²) in [7, 11) is 0. The Balaban J connectivity index is 2.49. The van der Waals surface area contributed by atoms with Crippen LogP contribution in [0.5, 0.6) is 0 Å². The van der Waals surface area contributed by atoms with Crippen molar-refractivity contribution in [1.29, 1.82) is 0 Å². The van der Waals surface area contributed by atoms with E-state index in [9.17, 15) is 4.39 Å². The second kappa shape index (κ2) is 6.20. The van der Waals surface area contributed by atoms with Gasteiger partial charge in [-0.05, 0) is 42.2 Å². The topological polar surface area (TPSA) is 37.8 Å². The number of aromatic nitrogens is 2. The highest BCUT2D eigenvalue weighted by atomic mass is 32.1. The van der Waals surface area contributed by atoms with E-state index in [0.29, 0.717) is 5.56 Å². The summed E-state index contributed by atoms with van der Waals surface area (Å²) >= 11 is 1.41. The fraction of sp³-hybridized carbons (Fsp3) is 0.500. The predicted octanol–water partition coefficient (Wildman–Crippen LogP) is 3.98. The molecule has 21 heavy (non-hydrogen) atoms. The molecule has 114 valence electrons. The minimum atomic E-state index is -0.174. The standard InChI is InChI=1S/C16H22FN3S/c1-6-18-13(11-7-8-12(17)10(2)9-11)14-15(16(3,4)5)19-20-21-14/h7-9,13,18H,6H2,1-5H3. The zero-order valence-corrected chi connectivity index (χ0v) is 14.0. The lowest BCUT2D eigenvalue weighted by molar-refractivity contribution is 0.542. The van der Waals surface area contributed by atoms with Crippen LogP contribution in [-0.2, 0) is 5.41 Å². The van der Waals surface area contributed by atoms with Crippen molar-refractivity contribution in [3.63, 3.8) is 0 Å². The van der Waals surface area contributed by atoms with Crippen molar-refractivity contribution in [2.75, 3.05) is 6.54 Å². The Bertz CT molecular complexity index is 616. The van der Waals surface area contributed by atoms with Gasteiger partial charge in [-0.1, -0.05) is 44.3 Å². The summed E-state index contributed by atoms with van der Waals surface area (Å²) in [5.74, 6) is -0.174. The first kappa shape index (κ1) is 16.0. The van der Waals surface area contributed by atoms with Crippen LogP contribution in [0.1, 0.15) is 55.4 Å². The van der Waals surface area contributed by atoms with Crippen LogP contribution in [0.25, 0.3) is 0 Å². The van der Waals surface area contributed by atoms with E-state index >= 15 is 0 Å². The molecule has 0 fully saturated rings. The molecule has 0 spiro atoms. The number of benzene rings is 1. The molecular formula is C16H22FN3S. The Kier molecular flexibility index (Phi) is 4.74. The fourth-order valence-electron chi connectivity index (χ4n) is 2.32. The number of aryl methyl sites for hydroxylation is 1. The summed E-state index contributed by atoms with van der Waals surface area (Å²) in [4.78, 5) is 1.11. The summed E-state index contributed by atoms with van der Waals surface area (Å²) in [5, 5.41) is 7.78. The molecule has 0 saturated carbocycles. The monoisotopic (exact) mass is 307 g/mol. The number of nitrogens with zero attached hydrogens (tertiary/aromatic N) is 2. The highest BCUT2D eigenvalue weighted by molar-refractivity contribution is 7.05. The lowest BCUT2D eigenvalue weighted by Crippen LogP contribution is -2.25. The average molecular weight is 307 g/mol. The fourth-order valence-corrected chi connectivity index (χ4v) is 3.29. The third kappa shape index (κ3) is 3.47. The highest BCUT2D eigenvalue weighted by Gasteiger charge is 2.28. The zero-order chi connectivity index (χ0) is 15.6. The van der Waals surface area contributed by atoms with Crippen LogP contribution in [0.2, 0.25) is 0 Å². The van der Waals surface area contributed by atoms with E-state index in [-0.39, 0.29) is 17.3 Å². The molecule has 1 aromatic carbocycles. The van der Waals surface area contributed by atoms with Gasteiger partial charge < -0.3 is 5.32 Å². The van der Waals surface area contributed by atoms with Gasteiger partial charge in [-0.15, -0.1) is 5.10 Å². The van der Waals surface area contributed by atoms with Crippen molar-refractivity contribution in [2.24, 2.45) is 0 Å². The number of halogens is 1. The average Bonchev–Trinajstić information content (AvgIpc) is 2.88. The summed E-state index contributed by atoms with van der Waals surface area (Å²) in [6, 6.07) is 5.26. The van der Waals surface area contributed by atoms with Gasteiger partial charge in [0.2, 0.25) is 0 Å². The zero-order valence-electron chi connectivity index (χ0n) is 13.2. The molecule has 2 aromatic rings. The van der Waals surface area contributed by atoms with E-state index in [4.69, 9.17) is 0 Å². The molecule has 5 heteroatoms. The Hall–Kier alpha value is -1.33. The number of hydrogen-bond donors (Lipinski definition) is 1. The van der Waals surface area contributed by atoms with E-state index in [2.05, 4.69) is 42.6 Å². The van der Waals surface area contributed by atoms with Gasteiger partial charge in [-0.25, -0.2) is 4.39 Å². The molecular weight excluding hydrogens is 285 g/mol. The van der Waals surface area contributed by atoms with Crippen LogP contribution in [0, 0.1) is 12.7 Å². The molecule has 1 aromatic heterocycles. The van der Waals surface area contributed by atoms with E-state index in [1.165, 1.54) is 17.6 Å². The molecule has 0 aliphatic rings. The minimum absolute atomic E-state index is 0.00326. The summed E-state index contributed by atoms with van der Waals surface area (Å²) in [6.45, 7) is 11.1. The van der Waals surface area contributed by atoms with Crippen molar-refractivity contribution in [3.05, 3.63) is 45.7 Å². The maximum absolute atomic E-state index is 13.5. The maximum atomic E-state index is 13.5. The lowest BCUT2D eigenvalue weighted by Gasteiger charge is -2.23. The van der Waals surface area contributed by atoms with Crippen LogP contribution in [0.3, 0.4) is 0 Å². The predicted molar refractivity (Wildman–Crippen MR) is 85.3 cm³/mol. The highest BCUT2D eigenvalue weighted by Crippen LogP contribution is 2.34. The van der Waals surface area contributed by atoms with Crippen molar-refractivity contribution in [3.8, 4) is 0 Å². The maximum Gasteiger partial charge on any atom is 0.126 e. The van der Waals surface area contributed by atoms with Crippen molar-refractivity contribution in [1.82, 2.24) is 14.9 Å². The quantitative estimate of drug-likeness (QED) is 0.928. The van der Waals surface area contributed by atoms with Gasteiger partial charge in [0.25, 0.3) is 0 Å². The summed E-state index contributed by atoms with van der Waals surface area (Å²) in [6.07, 6.45) is 0. The molecule has 0 amide bonds. The van der Waals surface area contributed by atoms with Crippen LogP contribution >= 0.6 is 11.5 Å². The van der Waals surface area contributed by atoms with Gasteiger partial charge in [-0.3, -0.25) is 0 Å². The van der Waals surface area contributed by atoms with E-state index in [1.54, 1.807) is 6.92 Å². The molecule has 1 N–H and O–H groups in total. The second-order valence-electron chi connectivity index (χ2n) is 6.24. The van der Waals surface area contributed by atoms with E-state index < -0.39 is 0 Å². The number of rotatable bonds is 4. The Labute approximate surface area is 129 Å². The van der Waals surface area contributed by atoms with Gasteiger partial charge in [0.15, 0.2) is 0 Å². The molecule has 1 heterocycles. The van der Waals surface area contributed by atoms with Crippen molar-refractivity contribution in [2.45, 2.75) is 46.1 Å².